The first kappa shape index (κ1) is 38.3. The molecule has 0 amide bonds. The van der Waals surface area contributed by atoms with Gasteiger partial charge >= 0.3 is 13.1 Å². The molecule has 0 saturated carbocycles. The van der Waals surface area contributed by atoms with Crippen LogP contribution >= 0.6 is 0 Å². The van der Waals surface area contributed by atoms with Crippen LogP contribution in [0, 0.1) is 0 Å². The Morgan fingerprint density at radius 3 is 1.15 bits per heavy atom. The number of nitrogens with zero attached hydrogens (tertiary/aromatic N) is 2. The van der Waals surface area contributed by atoms with Gasteiger partial charge in [0.15, 0.2) is 0 Å². The number of rotatable bonds is 14. The Balaban J connectivity index is 0.000000193. The van der Waals surface area contributed by atoms with E-state index in [2.05, 4.69) is 107 Å². The molecule has 0 aliphatic heterocycles. The van der Waals surface area contributed by atoms with Crippen molar-refractivity contribution >= 4 is 29.9 Å². The van der Waals surface area contributed by atoms with Gasteiger partial charge in [0.1, 0.15) is 0 Å². The maximum Gasteiger partial charge on any atom is 0.488 e. The molecule has 7 aromatic rings. The molecule has 0 fully saturated rings. The molecule has 7 rings (SSSR count). The third-order valence-corrected chi connectivity index (χ3v) is 9.27. The van der Waals surface area contributed by atoms with Gasteiger partial charge in [0, 0.05) is 37.6 Å². The molecule has 0 atom stereocenters. The molecule has 55 heavy (non-hydrogen) atoms. The molecule has 6 nitrogen and oxygen atoms in total. The number of carboxylic acid groups (broad SMARTS) is 1. The first-order valence-corrected chi connectivity index (χ1v) is 18.4. The Morgan fingerprint density at radius 1 is 0.418 bits per heavy atom. The van der Waals surface area contributed by atoms with Gasteiger partial charge in [0.2, 0.25) is 0 Å². The summed E-state index contributed by atoms with van der Waals surface area (Å²) in [5.41, 5.74) is 10.6. The number of hydrogen-bond acceptors (Lipinski definition) is 5. The lowest BCUT2D eigenvalue weighted by Crippen LogP contribution is -2.30. The van der Waals surface area contributed by atoms with Gasteiger partial charge in [-0.3, -0.25) is 4.79 Å². The van der Waals surface area contributed by atoms with Crippen LogP contribution in [0.4, 0.5) is 11.4 Å². The van der Waals surface area contributed by atoms with E-state index in [0.29, 0.717) is 5.46 Å². The normalized spacial score (nSPS) is 10.5. The molecule has 0 aliphatic carbocycles. The van der Waals surface area contributed by atoms with Crippen molar-refractivity contribution in [1.29, 1.82) is 0 Å². The van der Waals surface area contributed by atoms with Gasteiger partial charge in [0.05, 0.1) is 6.42 Å². The molecule has 0 radical (unpaired) electrons. The van der Waals surface area contributed by atoms with Gasteiger partial charge in [0.25, 0.3) is 0 Å². The lowest BCUT2D eigenvalue weighted by atomic mass is 9.80. The highest BCUT2D eigenvalue weighted by atomic mass is 16.4. The monoisotopic (exact) mass is 724 g/mol. The minimum absolute atomic E-state index is 0.0356. The van der Waals surface area contributed by atoms with E-state index in [9.17, 15) is 14.8 Å². The minimum Gasteiger partial charge on any atom is -0.481 e. The Morgan fingerprint density at radius 2 is 0.782 bits per heavy atom. The van der Waals surface area contributed by atoms with E-state index in [1.165, 1.54) is 22.3 Å². The first-order valence-electron chi connectivity index (χ1n) is 18.4. The van der Waals surface area contributed by atoms with E-state index in [0.717, 1.165) is 54.2 Å². The summed E-state index contributed by atoms with van der Waals surface area (Å²) < 4.78 is 0. The standard InChI is InChI=1S/C28H25NO2.C20H20BNO2/c30-28(31)19-24-12-7-13-26(18-24)25-14-16-27(17-15-25)29(20-22-8-3-1-4-9-22)21-23-10-5-2-6-11-23;23-21(24)19-11-13-20(14-12-19)22(15-17-7-3-1-4-8-17)16-18-9-5-2-6-10-18/h1-18H,19-21H2,(H,30,31);1-14,23-24H,15-16H2. The zero-order valence-corrected chi connectivity index (χ0v) is 30.7. The Kier molecular flexibility index (Phi) is 13.7. The van der Waals surface area contributed by atoms with Gasteiger partial charge in [-0.15, -0.1) is 0 Å². The molecule has 0 bridgehead atoms. The molecular weight excluding hydrogens is 679 g/mol. The number of aliphatic carboxylic acids is 1. The molecule has 7 aromatic carbocycles. The minimum atomic E-state index is -1.43. The zero-order chi connectivity index (χ0) is 38.2. The predicted octanol–water partition coefficient (Wildman–Crippen LogP) is 8.76. The van der Waals surface area contributed by atoms with Crippen molar-refractivity contribution in [2.24, 2.45) is 0 Å². The smallest absolute Gasteiger partial charge is 0.481 e. The van der Waals surface area contributed by atoms with Crippen LogP contribution in [0.1, 0.15) is 27.8 Å². The van der Waals surface area contributed by atoms with Gasteiger partial charge in [-0.1, -0.05) is 170 Å². The van der Waals surface area contributed by atoms with E-state index in [1.54, 1.807) is 12.1 Å². The highest BCUT2D eigenvalue weighted by Crippen LogP contribution is 2.27. The summed E-state index contributed by atoms with van der Waals surface area (Å²) in [4.78, 5) is 15.7. The van der Waals surface area contributed by atoms with Crippen LogP contribution in [-0.4, -0.2) is 28.2 Å². The van der Waals surface area contributed by atoms with E-state index in [-0.39, 0.29) is 6.42 Å². The SMILES string of the molecule is O=C(O)Cc1cccc(-c2ccc(N(Cc3ccccc3)Cc3ccccc3)cc2)c1.OB(O)c1ccc(N(Cc2ccccc2)Cc2ccccc2)cc1. The average molecular weight is 725 g/mol. The second-order valence-electron chi connectivity index (χ2n) is 13.4. The summed E-state index contributed by atoms with van der Waals surface area (Å²) in [6, 6.07) is 65.3. The largest absolute Gasteiger partial charge is 0.488 e. The number of carboxylic acids is 1. The third kappa shape index (κ3) is 11.8. The number of benzene rings is 7. The number of anilines is 2. The Bertz CT molecular complexity index is 2100. The van der Waals surface area contributed by atoms with Crippen LogP contribution in [-0.2, 0) is 37.4 Å². The fraction of sp³-hybridized carbons (Fsp3) is 0.104. The van der Waals surface area contributed by atoms with Gasteiger partial charge in [-0.25, -0.2) is 0 Å². The summed E-state index contributed by atoms with van der Waals surface area (Å²) in [5.74, 6) is -0.815. The maximum absolute atomic E-state index is 11.0. The van der Waals surface area contributed by atoms with E-state index in [1.807, 2.05) is 84.9 Å². The quantitative estimate of drug-likeness (QED) is 0.0974. The maximum atomic E-state index is 11.0. The summed E-state index contributed by atoms with van der Waals surface area (Å²) in [7, 11) is -1.43. The summed E-state index contributed by atoms with van der Waals surface area (Å²) in [6.45, 7) is 3.22. The van der Waals surface area contributed by atoms with E-state index >= 15 is 0 Å². The molecule has 3 N–H and O–H groups in total. The topological polar surface area (TPSA) is 84.2 Å². The van der Waals surface area contributed by atoms with E-state index in [4.69, 9.17) is 5.11 Å². The molecule has 274 valence electrons. The predicted molar refractivity (Wildman–Crippen MR) is 225 cm³/mol. The first-order chi connectivity index (χ1) is 26.9. The van der Waals surface area contributed by atoms with Gasteiger partial charge in [-0.2, -0.15) is 0 Å². The van der Waals surface area contributed by atoms with Crippen molar-refractivity contribution in [3.8, 4) is 11.1 Å². The van der Waals surface area contributed by atoms with Crippen molar-refractivity contribution in [2.75, 3.05) is 9.80 Å². The Labute approximate surface area is 324 Å². The van der Waals surface area contributed by atoms with Crippen LogP contribution in [0.2, 0.25) is 0 Å². The van der Waals surface area contributed by atoms with Crippen LogP contribution in [0.3, 0.4) is 0 Å². The van der Waals surface area contributed by atoms with Gasteiger partial charge in [-0.05, 0) is 68.7 Å². The lowest BCUT2D eigenvalue weighted by molar-refractivity contribution is -0.136. The van der Waals surface area contributed by atoms with Crippen molar-refractivity contribution in [3.05, 3.63) is 222 Å². The second-order valence-corrected chi connectivity index (χ2v) is 13.4. The molecular formula is C48H45BN2O4. The fourth-order valence-corrected chi connectivity index (χ4v) is 6.45. The van der Waals surface area contributed by atoms with Crippen LogP contribution in [0.5, 0.6) is 0 Å². The van der Waals surface area contributed by atoms with Gasteiger partial charge < -0.3 is 25.0 Å². The van der Waals surface area contributed by atoms with E-state index < -0.39 is 13.1 Å². The van der Waals surface area contributed by atoms with Crippen molar-refractivity contribution in [3.63, 3.8) is 0 Å². The van der Waals surface area contributed by atoms with Crippen LogP contribution < -0.4 is 15.3 Å². The highest BCUT2D eigenvalue weighted by molar-refractivity contribution is 6.58. The summed E-state index contributed by atoms with van der Waals surface area (Å²) in [5, 5.41) is 27.6. The van der Waals surface area contributed by atoms with Crippen molar-refractivity contribution in [2.45, 2.75) is 32.6 Å². The Hall–Kier alpha value is -6.41. The van der Waals surface area contributed by atoms with Crippen molar-refractivity contribution < 1.29 is 19.9 Å². The third-order valence-electron chi connectivity index (χ3n) is 9.27. The molecule has 7 heteroatoms. The summed E-state index contributed by atoms with van der Waals surface area (Å²) >= 11 is 0. The lowest BCUT2D eigenvalue weighted by Gasteiger charge is -2.25. The molecule has 0 aromatic heterocycles. The van der Waals surface area contributed by atoms with Crippen LogP contribution in [0.25, 0.3) is 11.1 Å². The molecule has 0 aliphatic rings. The fourth-order valence-electron chi connectivity index (χ4n) is 6.45. The van der Waals surface area contributed by atoms with Crippen LogP contribution in [0.15, 0.2) is 194 Å². The highest BCUT2D eigenvalue weighted by Gasteiger charge is 2.14. The number of carbonyl (C=O) groups is 1. The zero-order valence-electron chi connectivity index (χ0n) is 30.7. The molecule has 0 saturated heterocycles. The summed E-state index contributed by atoms with van der Waals surface area (Å²) in [6.07, 6.45) is 0.0356. The average Bonchev–Trinajstić information content (AvgIpc) is 3.22. The molecule has 0 heterocycles. The second kappa shape index (κ2) is 19.6. The number of hydrogen-bond donors (Lipinski definition) is 3. The molecule has 0 spiro atoms. The molecule has 0 unspecified atom stereocenters. The van der Waals surface area contributed by atoms with Crippen molar-refractivity contribution in [1.82, 2.24) is 0 Å².